The predicted molar refractivity (Wildman–Crippen MR) is 62.6 cm³/mol. The van der Waals surface area contributed by atoms with E-state index in [1.54, 1.807) is 11.8 Å². The van der Waals surface area contributed by atoms with Gasteiger partial charge < -0.3 is 0 Å². The summed E-state index contributed by atoms with van der Waals surface area (Å²) in [6.07, 6.45) is 6.39. The van der Waals surface area contributed by atoms with E-state index >= 15 is 0 Å². The Hall–Kier alpha value is -0.0600. The standard InChI is InChI=1S/C9H11Cl2N3S/c10-7-12-8(11)14-9(13-7)15-6-4-2-1-3-5-6/h6H,1-5H2. The van der Waals surface area contributed by atoms with Gasteiger partial charge in [0.1, 0.15) is 0 Å². The molecule has 1 fully saturated rings. The minimum Gasteiger partial charge on any atom is -0.192 e. The van der Waals surface area contributed by atoms with Gasteiger partial charge in [-0.3, -0.25) is 0 Å². The van der Waals surface area contributed by atoms with Crippen LogP contribution in [0.1, 0.15) is 32.1 Å². The van der Waals surface area contributed by atoms with Crippen LogP contribution in [0.2, 0.25) is 10.6 Å². The molecular weight excluding hydrogens is 253 g/mol. The van der Waals surface area contributed by atoms with Crippen LogP contribution in [0.5, 0.6) is 0 Å². The first kappa shape index (κ1) is 11.4. The number of hydrogen-bond donors (Lipinski definition) is 0. The fraction of sp³-hybridized carbons (Fsp3) is 0.667. The molecule has 1 heterocycles. The van der Waals surface area contributed by atoms with Crippen LogP contribution >= 0.6 is 35.0 Å². The third-order valence-corrected chi connectivity index (χ3v) is 3.92. The van der Waals surface area contributed by atoms with Crippen molar-refractivity contribution in [3.05, 3.63) is 10.6 Å². The van der Waals surface area contributed by atoms with Gasteiger partial charge in [0.2, 0.25) is 10.6 Å². The van der Waals surface area contributed by atoms with Gasteiger partial charge in [-0.25, -0.2) is 0 Å². The molecule has 1 aliphatic carbocycles. The zero-order valence-corrected chi connectivity index (χ0v) is 10.4. The molecule has 0 bridgehead atoms. The van der Waals surface area contributed by atoms with E-state index in [2.05, 4.69) is 15.0 Å². The smallest absolute Gasteiger partial charge is 0.192 e. The lowest BCUT2D eigenvalue weighted by Gasteiger charge is -2.19. The second kappa shape index (κ2) is 5.32. The molecule has 0 spiro atoms. The summed E-state index contributed by atoms with van der Waals surface area (Å²) in [6.45, 7) is 0. The SMILES string of the molecule is Clc1nc(Cl)nc(SC2CCCCC2)n1. The normalized spacial score (nSPS) is 18.0. The van der Waals surface area contributed by atoms with Crippen molar-refractivity contribution in [2.45, 2.75) is 42.5 Å². The van der Waals surface area contributed by atoms with Crippen LogP contribution in [0, 0.1) is 0 Å². The average molecular weight is 264 g/mol. The third-order valence-electron chi connectivity index (χ3n) is 2.38. The van der Waals surface area contributed by atoms with Gasteiger partial charge in [-0.15, -0.1) is 0 Å². The van der Waals surface area contributed by atoms with Gasteiger partial charge >= 0.3 is 0 Å². The third kappa shape index (κ3) is 3.47. The highest BCUT2D eigenvalue weighted by atomic mass is 35.5. The van der Waals surface area contributed by atoms with E-state index < -0.39 is 0 Å². The van der Waals surface area contributed by atoms with Crippen LogP contribution in [0.4, 0.5) is 0 Å². The number of aromatic nitrogens is 3. The van der Waals surface area contributed by atoms with Crippen molar-refractivity contribution in [3.63, 3.8) is 0 Å². The van der Waals surface area contributed by atoms with E-state index in [0.29, 0.717) is 10.4 Å². The Morgan fingerprint density at radius 1 is 0.933 bits per heavy atom. The molecule has 1 aliphatic rings. The summed E-state index contributed by atoms with van der Waals surface area (Å²) in [7, 11) is 0. The Morgan fingerprint density at radius 3 is 2.13 bits per heavy atom. The van der Waals surface area contributed by atoms with Crippen molar-refractivity contribution in [1.82, 2.24) is 15.0 Å². The quantitative estimate of drug-likeness (QED) is 0.818. The van der Waals surface area contributed by atoms with Crippen LogP contribution < -0.4 is 0 Å². The molecule has 15 heavy (non-hydrogen) atoms. The molecule has 0 aromatic carbocycles. The van der Waals surface area contributed by atoms with E-state index in [1.807, 2.05) is 0 Å². The van der Waals surface area contributed by atoms with E-state index in [1.165, 1.54) is 32.1 Å². The molecule has 1 aromatic rings. The first-order chi connectivity index (χ1) is 7.24. The van der Waals surface area contributed by atoms with Gasteiger partial charge in [0, 0.05) is 5.25 Å². The average Bonchev–Trinajstić information content (AvgIpc) is 2.17. The lowest BCUT2D eigenvalue weighted by Crippen LogP contribution is -2.09. The van der Waals surface area contributed by atoms with E-state index in [0.717, 1.165) is 0 Å². The Balaban J connectivity index is 2.02. The van der Waals surface area contributed by atoms with Crippen LogP contribution in [0.15, 0.2) is 5.16 Å². The number of thioether (sulfide) groups is 1. The van der Waals surface area contributed by atoms with Crippen molar-refractivity contribution < 1.29 is 0 Å². The fourth-order valence-corrected chi connectivity index (χ4v) is 3.30. The number of nitrogens with zero attached hydrogens (tertiary/aromatic N) is 3. The van der Waals surface area contributed by atoms with Gasteiger partial charge in [0.05, 0.1) is 0 Å². The van der Waals surface area contributed by atoms with E-state index in [-0.39, 0.29) is 10.6 Å². The molecule has 0 atom stereocenters. The van der Waals surface area contributed by atoms with Gasteiger partial charge in [0.25, 0.3) is 0 Å². The van der Waals surface area contributed by atoms with Crippen molar-refractivity contribution in [2.24, 2.45) is 0 Å². The highest BCUT2D eigenvalue weighted by Crippen LogP contribution is 2.32. The topological polar surface area (TPSA) is 38.7 Å². The fourth-order valence-electron chi connectivity index (χ4n) is 1.69. The molecule has 82 valence electrons. The Morgan fingerprint density at radius 2 is 1.53 bits per heavy atom. The lowest BCUT2D eigenvalue weighted by atomic mass is 10.0. The Bertz CT molecular complexity index is 322. The minimum atomic E-state index is 0.174. The highest BCUT2D eigenvalue weighted by molar-refractivity contribution is 7.99. The second-order valence-electron chi connectivity index (χ2n) is 3.53. The van der Waals surface area contributed by atoms with E-state index in [4.69, 9.17) is 23.2 Å². The van der Waals surface area contributed by atoms with Gasteiger partial charge in [0.15, 0.2) is 5.16 Å². The van der Waals surface area contributed by atoms with Crippen molar-refractivity contribution in [3.8, 4) is 0 Å². The van der Waals surface area contributed by atoms with Crippen molar-refractivity contribution in [1.29, 1.82) is 0 Å². The van der Waals surface area contributed by atoms with Crippen LogP contribution in [0.25, 0.3) is 0 Å². The molecule has 0 aliphatic heterocycles. The Kier molecular flexibility index (Phi) is 4.05. The summed E-state index contributed by atoms with van der Waals surface area (Å²) in [5.74, 6) is 0. The molecular formula is C9H11Cl2N3S. The molecule has 2 rings (SSSR count). The first-order valence-electron chi connectivity index (χ1n) is 4.98. The van der Waals surface area contributed by atoms with Crippen molar-refractivity contribution >= 4 is 35.0 Å². The molecule has 0 saturated heterocycles. The maximum absolute atomic E-state index is 5.71. The molecule has 0 unspecified atom stereocenters. The summed E-state index contributed by atoms with van der Waals surface area (Å²) in [4.78, 5) is 11.8. The van der Waals surface area contributed by atoms with Gasteiger partial charge in [-0.2, -0.15) is 15.0 Å². The number of rotatable bonds is 2. The molecule has 3 nitrogen and oxygen atoms in total. The molecule has 1 aromatic heterocycles. The van der Waals surface area contributed by atoms with Crippen LogP contribution in [0.3, 0.4) is 0 Å². The second-order valence-corrected chi connectivity index (χ2v) is 5.48. The summed E-state index contributed by atoms with van der Waals surface area (Å²) < 4.78 is 0. The van der Waals surface area contributed by atoms with Crippen LogP contribution in [-0.4, -0.2) is 20.2 Å². The van der Waals surface area contributed by atoms with Gasteiger partial charge in [-0.1, -0.05) is 31.0 Å². The van der Waals surface area contributed by atoms with Crippen molar-refractivity contribution in [2.75, 3.05) is 0 Å². The van der Waals surface area contributed by atoms with Gasteiger partial charge in [-0.05, 0) is 36.0 Å². The largest absolute Gasteiger partial charge is 0.227 e. The summed E-state index contributed by atoms with van der Waals surface area (Å²) in [5, 5.41) is 1.60. The number of halogens is 2. The first-order valence-corrected chi connectivity index (χ1v) is 6.61. The molecule has 1 saturated carbocycles. The monoisotopic (exact) mass is 263 g/mol. The zero-order chi connectivity index (χ0) is 10.7. The molecule has 0 radical (unpaired) electrons. The zero-order valence-electron chi connectivity index (χ0n) is 8.12. The Labute approximate surface area is 103 Å². The highest BCUT2D eigenvalue weighted by Gasteiger charge is 2.16. The minimum absolute atomic E-state index is 0.174. The lowest BCUT2D eigenvalue weighted by molar-refractivity contribution is 0.515. The molecule has 0 amide bonds. The number of hydrogen-bond acceptors (Lipinski definition) is 4. The molecule has 6 heteroatoms. The summed E-state index contributed by atoms with van der Waals surface area (Å²) >= 11 is 13.1. The van der Waals surface area contributed by atoms with E-state index in [9.17, 15) is 0 Å². The maximum Gasteiger partial charge on any atom is 0.227 e. The summed E-state index contributed by atoms with van der Waals surface area (Å²) in [6, 6.07) is 0. The molecule has 0 N–H and O–H groups in total. The maximum atomic E-state index is 5.71. The summed E-state index contributed by atoms with van der Waals surface area (Å²) in [5.41, 5.74) is 0. The predicted octanol–water partition coefficient (Wildman–Crippen LogP) is 3.60. The van der Waals surface area contributed by atoms with Crippen LogP contribution in [-0.2, 0) is 0 Å².